The van der Waals surface area contributed by atoms with Crippen molar-refractivity contribution < 1.29 is 0 Å². The Balaban J connectivity index is 2.76. The molecule has 13 heavy (non-hydrogen) atoms. The van der Waals surface area contributed by atoms with Crippen LogP contribution in [0.5, 0.6) is 0 Å². The van der Waals surface area contributed by atoms with Crippen molar-refractivity contribution in [1.82, 2.24) is 10.6 Å². The SMILES string of the molecule is [CH2]CCCCCCNCCNCN. The van der Waals surface area contributed by atoms with Crippen LogP contribution in [0.2, 0.25) is 0 Å². The molecular formula is C10H24N3. The van der Waals surface area contributed by atoms with E-state index < -0.39 is 0 Å². The van der Waals surface area contributed by atoms with E-state index in [9.17, 15) is 0 Å². The van der Waals surface area contributed by atoms with Gasteiger partial charge in [0.25, 0.3) is 0 Å². The molecule has 0 fully saturated rings. The Hall–Kier alpha value is -0.120. The van der Waals surface area contributed by atoms with E-state index in [2.05, 4.69) is 17.6 Å². The Morgan fingerprint density at radius 2 is 1.54 bits per heavy atom. The molecule has 4 N–H and O–H groups in total. The first-order valence-electron chi connectivity index (χ1n) is 5.32. The van der Waals surface area contributed by atoms with Crippen LogP contribution in [0.3, 0.4) is 0 Å². The van der Waals surface area contributed by atoms with Crippen LogP contribution in [0.15, 0.2) is 0 Å². The third kappa shape index (κ3) is 11.9. The second-order valence-corrected chi connectivity index (χ2v) is 3.22. The molecule has 0 aromatic rings. The second kappa shape index (κ2) is 11.9. The third-order valence-corrected chi connectivity index (χ3v) is 1.98. The van der Waals surface area contributed by atoms with Gasteiger partial charge in [0, 0.05) is 19.8 Å². The first kappa shape index (κ1) is 12.9. The molecule has 0 spiro atoms. The summed E-state index contributed by atoms with van der Waals surface area (Å²) >= 11 is 0. The summed E-state index contributed by atoms with van der Waals surface area (Å²) < 4.78 is 0. The van der Waals surface area contributed by atoms with Gasteiger partial charge in [-0.3, -0.25) is 0 Å². The van der Waals surface area contributed by atoms with Crippen molar-refractivity contribution >= 4 is 0 Å². The monoisotopic (exact) mass is 186 g/mol. The van der Waals surface area contributed by atoms with Crippen LogP contribution >= 0.6 is 0 Å². The molecule has 0 aromatic heterocycles. The number of hydrogen-bond donors (Lipinski definition) is 3. The maximum atomic E-state index is 5.28. The molecule has 0 aliphatic rings. The van der Waals surface area contributed by atoms with Crippen LogP contribution in [0.4, 0.5) is 0 Å². The lowest BCUT2D eigenvalue weighted by molar-refractivity contribution is 0.571. The van der Waals surface area contributed by atoms with Gasteiger partial charge in [0.1, 0.15) is 0 Å². The van der Waals surface area contributed by atoms with E-state index in [1.165, 1.54) is 25.7 Å². The zero-order valence-electron chi connectivity index (χ0n) is 8.65. The molecule has 0 atom stereocenters. The highest BCUT2D eigenvalue weighted by Gasteiger charge is 1.88. The molecule has 3 nitrogen and oxygen atoms in total. The van der Waals surface area contributed by atoms with E-state index in [0.717, 1.165) is 26.1 Å². The van der Waals surface area contributed by atoms with Crippen molar-refractivity contribution in [2.24, 2.45) is 5.73 Å². The molecule has 0 saturated carbocycles. The van der Waals surface area contributed by atoms with Crippen molar-refractivity contribution in [2.75, 3.05) is 26.3 Å². The van der Waals surface area contributed by atoms with Crippen molar-refractivity contribution in [3.8, 4) is 0 Å². The summed E-state index contributed by atoms with van der Waals surface area (Å²) in [5, 5.41) is 6.43. The molecule has 79 valence electrons. The van der Waals surface area contributed by atoms with Gasteiger partial charge < -0.3 is 16.4 Å². The van der Waals surface area contributed by atoms with Crippen molar-refractivity contribution in [2.45, 2.75) is 32.1 Å². The van der Waals surface area contributed by atoms with Crippen molar-refractivity contribution in [3.63, 3.8) is 0 Å². The van der Waals surface area contributed by atoms with Crippen LogP contribution in [0.1, 0.15) is 32.1 Å². The highest BCUT2D eigenvalue weighted by atomic mass is 15.0. The Morgan fingerprint density at radius 3 is 2.23 bits per heavy atom. The number of rotatable bonds is 10. The molecule has 0 heterocycles. The second-order valence-electron chi connectivity index (χ2n) is 3.22. The molecule has 3 heteroatoms. The first-order chi connectivity index (χ1) is 6.41. The molecule has 0 saturated heterocycles. The summed E-state index contributed by atoms with van der Waals surface area (Å²) in [7, 11) is 0. The van der Waals surface area contributed by atoms with Crippen molar-refractivity contribution in [3.05, 3.63) is 6.92 Å². The number of nitrogens with one attached hydrogen (secondary N) is 2. The van der Waals surface area contributed by atoms with Gasteiger partial charge in [0.2, 0.25) is 0 Å². The van der Waals surface area contributed by atoms with Crippen LogP contribution in [0.25, 0.3) is 0 Å². The lowest BCUT2D eigenvalue weighted by Gasteiger charge is -2.04. The van der Waals surface area contributed by atoms with Gasteiger partial charge in [-0.05, 0) is 13.0 Å². The predicted octanol–water partition coefficient (Wildman–Crippen LogP) is 0.866. The van der Waals surface area contributed by atoms with Crippen LogP contribution < -0.4 is 16.4 Å². The summed E-state index contributed by atoms with van der Waals surface area (Å²) in [6, 6.07) is 0. The van der Waals surface area contributed by atoms with Gasteiger partial charge in [-0.1, -0.05) is 32.6 Å². The zero-order chi connectivity index (χ0) is 9.78. The molecule has 0 rings (SSSR count). The zero-order valence-corrected chi connectivity index (χ0v) is 8.65. The number of hydrogen-bond acceptors (Lipinski definition) is 3. The van der Waals surface area contributed by atoms with E-state index in [1.54, 1.807) is 0 Å². The van der Waals surface area contributed by atoms with Gasteiger partial charge >= 0.3 is 0 Å². The predicted molar refractivity (Wildman–Crippen MR) is 58.4 cm³/mol. The van der Waals surface area contributed by atoms with Gasteiger partial charge in [-0.2, -0.15) is 0 Å². The lowest BCUT2D eigenvalue weighted by atomic mass is 10.1. The minimum absolute atomic E-state index is 0.575. The summed E-state index contributed by atoms with van der Waals surface area (Å²) in [5.74, 6) is 0. The Bertz CT molecular complexity index is 76.2. The van der Waals surface area contributed by atoms with Crippen LogP contribution in [-0.4, -0.2) is 26.3 Å². The highest BCUT2D eigenvalue weighted by Crippen LogP contribution is 2.00. The molecule has 0 amide bonds. The fourth-order valence-electron chi connectivity index (χ4n) is 1.18. The molecule has 0 aliphatic carbocycles. The average Bonchev–Trinajstić information content (AvgIpc) is 2.16. The first-order valence-corrected chi connectivity index (χ1v) is 5.32. The molecule has 0 aromatic carbocycles. The largest absolute Gasteiger partial charge is 0.318 e. The fraction of sp³-hybridized carbons (Fsp3) is 0.900. The minimum Gasteiger partial charge on any atom is -0.318 e. The van der Waals surface area contributed by atoms with E-state index in [1.807, 2.05) is 0 Å². The van der Waals surface area contributed by atoms with Gasteiger partial charge in [0.15, 0.2) is 0 Å². The number of nitrogens with two attached hydrogens (primary N) is 1. The summed E-state index contributed by atoms with van der Waals surface area (Å²) in [4.78, 5) is 0. The molecule has 0 aliphatic heterocycles. The molecule has 0 bridgehead atoms. The normalized spacial score (nSPS) is 10.6. The number of unbranched alkanes of at least 4 members (excludes halogenated alkanes) is 4. The van der Waals surface area contributed by atoms with E-state index in [4.69, 9.17) is 5.73 Å². The van der Waals surface area contributed by atoms with E-state index in [0.29, 0.717) is 6.67 Å². The molecule has 1 radical (unpaired) electrons. The minimum atomic E-state index is 0.575. The molecular weight excluding hydrogens is 162 g/mol. The smallest absolute Gasteiger partial charge is 0.0429 e. The third-order valence-electron chi connectivity index (χ3n) is 1.98. The quantitative estimate of drug-likeness (QED) is 0.350. The van der Waals surface area contributed by atoms with E-state index >= 15 is 0 Å². The summed E-state index contributed by atoms with van der Waals surface area (Å²) in [5.41, 5.74) is 5.28. The summed E-state index contributed by atoms with van der Waals surface area (Å²) in [6.45, 7) is 7.51. The molecule has 0 unspecified atom stereocenters. The standard InChI is InChI=1S/C10H24N3/c1-2-3-4-5-6-7-12-8-9-13-10-11/h12-13H,1-11H2. The van der Waals surface area contributed by atoms with Gasteiger partial charge in [-0.15, -0.1) is 0 Å². The van der Waals surface area contributed by atoms with E-state index in [-0.39, 0.29) is 0 Å². The Labute approximate surface area is 82.5 Å². The van der Waals surface area contributed by atoms with Crippen LogP contribution in [-0.2, 0) is 0 Å². The highest BCUT2D eigenvalue weighted by molar-refractivity contribution is 4.51. The van der Waals surface area contributed by atoms with Gasteiger partial charge in [0.05, 0.1) is 0 Å². The fourth-order valence-corrected chi connectivity index (χ4v) is 1.18. The maximum Gasteiger partial charge on any atom is 0.0429 e. The van der Waals surface area contributed by atoms with Crippen molar-refractivity contribution in [1.29, 1.82) is 0 Å². The Kier molecular flexibility index (Phi) is 11.8. The topological polar surface area (TPSA) is 50.1 Å². The average molecular weight is 186 g/mol. The summed E-state index contributed by atoms with van der Waals surface area (Å²) in [6.07, 6.45) is 6.28. The maximum absolute atomic E-state index is 5.28. The van der Waals surface area contributed by atoms with Crippen LogP contribution in [0, 0.1) is 6.92 Å². The Morgan fingerprint density at radius 1 is 0.846 bits per heavy atom. The van der Waals surface area contributed by atoms with Gasteiger partial charge in [-0.25, -0.2) is 0 Å². The lowest BCUT2D eigenvalue weighted by Crippen LogP contribution is -2.31.